The Morgan fingerprint density at radius 3 is 1.40 bits per heavy atom. The second-order valence-corrected chi connectivity index (χ2v) is 11.7. The molecule has 232 valence electrons. The first-order valence-electron chi connectivity index (χ1n) is 16.7. The Kier molecular flexibility index (Phi) is 22.2. The summed E-state index contributed by atoms with van der Waals surface area (Å²) < 4.78 is 18.8. The van der Waals surface area contributed by atoms with Crippen LogP contribution in [-0.2, 0) is 22.7 Å². The molecule has 4 nitrogen and oxygen atoms in total. The number of aliphatic hydroxyl groups is 1. The van der Waals surface area contributed by atoms with Crippen LogP contribution in [0.3, 0.4) is 0 Å². The van der Waals surface area contributed by atoms with E-state index in [4.69, 9.17) is 14.2 Å². The lowest BCUT2D eigenvalue weighted by Gasteiger charge is -2.25. The summed E-state index contributed by atoms with van der Waals surface area (Å²) in [5.41, 5.74) is 5.86. The fourth-order valence-corrected chi connectivity index (χ4v) is 5.45. The van der Waals surface area contributed by atoms with Crippen LogP contribution in [0.25, 0.3) is 0 Å². The highest BCUT2D eigenvalue weighted by Gasteiger charge is 2.21. The summed E-state index contributed by atoms with van der Waals surface area (Å²) in [6, 6.07) is 0. The Balaban J connectivity index is 2.73. The van der Waals surface area contributed by atoms with Crippen molar-refractivity contribution in [1.29, 1.82) is 0 Å². The first kappa shape index (κ1) is 36.7. The van der Waals surface area contributed by atoms with Crippen LogP contribution in [0.1, 0.15) is 151 Å². The molecule has 0 fully saturated rings. The predicted octanol–water partition coefficient (Wildman–Crippen LogP) is 10.2. The van der Waals surface area contributed by atoms with E-state index in [-0.39, 0.29) is 12.7 Å². The molecular weight excluding hydrogens is 496 g/mol. The molecule has 0 radical (unpaired) electrons. The van der Waals surface area contributed by atoms with Crippen LogP contribution in [0.5, 0.6) is 5.75 Å². The van der Waals surface area contributed by atoms with Gasteiger partial charge in [-0.25, -0.2) is 0 Å². The number of hydrogen-bond acceptors (Lipinski definition) is 4. The maximum Gasteiger partial charge on any atom is 0.126 e. The third-order valence-corrected chi connectivity index (χ3v) is 8.19. The van der Waals surface area contributed by atoms with Gasteiger partial charge in [-0.15, -0.1) is 6.58 Å². The van der Waals surface area contributed by atoms with Crippen molar-refractivity contribution < 1.29 is 19.3 Å². The van der Waals surface area contributed by atoms with E-state index in [1.807, 2.05) is 0 Å². The van der Waals surface area contributed by atoms with E-state index in [2.05, 4.69) is 41.2 Å². The maximum atomic E-state index is 9.88. The van der Waals surface area contributed by atoms with Crippen molar-refractivity contribution in [3.63, 3.8) is 0 Å². The van der Waals surface area contributed by atoms with Gasteiger partial charge in [-0.3, -0.25) is 0 Å². The molecule has 0 aliphatic rings. The fraction of sp³-hybridized carbons (Fsp3) is 0.778. The van der Waals surface area contributed by atoms with E-state index >= 15 is 0 Å². The SMILES string of the molecule is C=CCC(CO)Oc1c(C)c(COCCCCCCCCCC)c(C)c(COCCCCCCCCCC)c1C. The van der Waals surface area contributed by atoms with Gasteiger partial charge in [0.2, 0.25) is 0 Å². The zero-order valence-electron chi connectivity index (χ0n) is 27.1. The van der Waals surface area contributed by atoms with Crippen molar-refractivity contribution in [1.82, 2.24) is 0 Å². The molecule has 0 aliphatic carbocycles. The Labute approximate surface area is 248 Å². The van der Waals surface area contributed by atoms with Crippen molar-refractivity contribution in [3.8, 4) is 5.75 Å². The van der Waals surface area contributed by atoms with Crippen molar-refractivity contribution in [2.45, 2.75) is 163 Å². The maximum absolute atomic E-state index is 9.88. The summed E-state index contributed by atoms with van der Waals surface area (Å²) in [6.07, 6.45) is 22.9. The quantitative estimate of drug-likeness (QED) is 0.0859. The van der Waals surface area contributed by atoms with E-state index in [9.17, 15) is 5.11 Å². The minimum atomic E-state index is -0.296. The zero-order chi connectivity index (χ0) is 29.4. The van der Waals surface area contributed by atoms with Gasteiger partial charge in [0.15, 0.2) is 0 Å². The molecule has 1 rings (SSSR count). The zero-order valence-corrected chi connectivity index (χ0v) is 27.1. The van der Waals surface area contributed by atoms with Crippen LogP contribution in [-0.4, -0.2) is 31.0 Å². The standard InChI is InChI=1S/C36H64O4/c1-7-10-12-14-16-18-20-22-25-38-28-34-30(4)35(29-39-26-23-21-19-17-15-13-11-8-2)32(6)36(31(34)5)40-33(27-37)24-9-3/h9,33,37H,3,7-8,10-29H2,1-2,4-6H3. The van der Waals surface area contributed by atoms with Gasteiger partial charge in [0, 0.05) is 19.6 Å². The minimum Gasteiger partial charge on any atom is -0.487 e. The first-order valence-corrected chi connectivity index (χ1v) is 16.7. The van der Waals surface area contributed by atoms with E-state index in [0.717, 1.165) is 42.9 Å². The van der Waals surface area contributed by atoms with Crippen molar-refractivity contribution in [3.05, 3.63) is 40.5 Å². The van der Waals surface area contributed by atoms with Gasteiger partial charge < -0.3 is 19.3 Å². The molecule has 4 heteroatoms. The molecule has 0 heterocycles. The summed E-state index contributed by atoms with van der Waals surface area (Å²) in [7, 11) is 0. The average Bonchev–Trinajstić information content (AvgIpc) is 2.95. The molecule has 0 spiro atoms. The monoisotopic (exact) mass is 560 g/mol. The number of rotatable bonds is 27. The lowest BCUT2D eigenvalue weighted by atomic mass is 9.92. The summed E-state index contributed by atoms with van der Waals surface area (Å²) in [5, 5.41) is 9.88. The molecule has 40 heavy (non-hydrogen) atoms. The fourth-order valence-electron chi connectivity index (χ4n) is 5.45. The van der Waals surface area contributed by atoms with Crippen LogP contribution < -0.4 is 4.74 Å². The Hall–Kier alpha value is -1.36. The highest BCUT2D eigenvalue weighted by molar-refractivity contribution is 5.54. The lowest BCUT2D eigenvalue weighted by molar-refractivity contribution is 0.105. The van der Waals surface area contributed by atoms with Gasteiger partial charge in [-0.2, -0.15) is 0 Å². The van der Waals surface area contributed by atoms with Crippen molar-refractivity contribution >= 4 is 0 Å². The Morgan fingerprint density at radius 1 is 0.625 bits per heavy atom. The number of hydrogen-bond donors (Lipinski definition) is 1. The third-order valence-electron chi connectivity index (χ3n) is 8.19. The number of aliphatic hydroxyl groups excluding tert-OH is 1. The number of benzene rings is 1. The smallest absolute Gasteiger partial charge is 0.126 e. The topological polar surface area (TPSA) is 47.9 Å². The molecule has 0 saturated carbocycles. The molecule has 0 amide bonds. The molecule has 0 aromatic heterocycles. The van der Waals surface area contributed by atoms with Crippen molar-refractivity contribution in [2.24, 2.45) is 0 Å². The summed E-state index contributed by atoms with van der Waals surface area (Å²) in [5.74, 6) is 0.864. The molecule has 1 N–H and O–H groups in total. The molecule has 0 bridgehead atoms. The first-order chi connectivity index (χ1) is 19.5. The second-order valence-electron chi connectivity index (χ2n) is 11.7. The van der Waals surface area contributed by atoms with Crippen LogP contribution in [0.4, 0.5) is 0 Å². The Bertz CT molecular complexity index is 722. The normalized spacial score (nSPS) is 12.2. The van der Waals surface area contributed by atoms with Gasteiger partial charge in [-0.05, 0) is 61.4 Å². The van der Waals surface area contributed by atoms with Gasteiger partial charge in [0.1, 0.15) is 11.9 Å². The van der Waals surface area contributed by atoms with Crippen molar-refractivity contribution in [2.75, 3.05) is 19.8 Å². The highest BCUT2D eigenvalue weighted by atomic mass is 16.5. The van der Waals surface area contributed by atoms with Crippen LogP contribution in [0.15, 0.2) is 12.7 Å². The molecule has 1 unspecified atom stereocenters. The second kappa shape index (κ2) is 24.3. The summed E-state index contributed by atoms with van der Waals surface area (Å²) in [6.45, 7) is 17.5. The number of ether oxygens (including phenoxy) is 3. The molecule has 1 atom stereocenters. The lowest BCUT2D eigenvalue weighted by Crippen LogP contribution is -2.22. The molecule has 1 aromatic carbocycles. The third kappa shape index (κ3) is 15.0. The van der Waals surface area contributed by atoms with Gasteiger partial charge >= 0.3 is 0 Å². The van der Waals surface area contributed by atoms with Crippen LogP contribution >= 0.6 is 0 Å². The molecule has 0 aliphatic heterocycles. The molecule has 0 saturated heterocycles. The predicted molar refractivity (Wildman–Crippen MR) is 172 cm³/mol. The van der Waals surface area contributed by atoms with Crippen LogP contribution in [0, 0.1) is 20.8 Å². The van der Waals surface area contributed by atoms with E-state index < -0.39 is 0 Å². The summed E-state index contributed by atoms with van der Waals surface area (Å²) >= 11 is 0. The molecule has 1 aromatic rings. The largest absolute Gasteiger partial charge is 0.487 e. The van der Waals surface area contributed by atoms with E-state index in [1.165, 1.54) is 107 Å². The number of unbranched alkanes of at least 4 members (excludes halogenated alkanes) is 14. The van der Waals surface area contributed by atoms with Gasteiger partial charge in [0.25, 0.3) is 0 Å². The Morgan fingerprint density at radius 2 is 1.02 bits per heavy atom. The van der Waals surface area contributed by atoms with Gasteiger partial charge in [0.05, 0.1) is 19.8 Å². The minimum absolute atomic E-state index is 0.0344. The average molecular weight is 561 g/mol. The van der Waals surface area contributed by atoms with E-state index in [0.29, 0.717) is 19.6 Å². The summed E-state index contributed by atoms with van der Waals surface area (Å²) in [4.78, 5) is 0. The van der Waals surface area contributed by atoms with Crippen LogP contribution in [0.2, 0.25) is 0 Å². The van der Waals surface area contributed by atoms with E-state index in [1.54, 1.807) is 6.08 Å². The highest BCUT2D eigenvalue weighted by Crippen LogP contribution is 2.35. The van der Waals surface area contributed by atoms with Gasteiger partial charge in [-0.1, -0.05) is 110 Å². The molecular formula is C36H64O4.